The van der Waals surface area contributed by atoms with E-state index in [9.17, 15) is 0 Å². The predicted molar refractivity (Wildman–Crippen MR) is 55.0 cm³/mol. The molecule has 0 N–H and O–H groups in total. The lowest BCUT2D eigenvalue weighted by atomic mass is 10.4. The van der Waals surface area contributed by atoms with E-state index in [1.165, 1.54) is 0 Å². The highest BCUT2D eigenvalue weighted by Crippen LogP contribution is 2.07. The van der Waals surface area contributed by atoms with Gasteiger partial charge in [-0.05, 0) is 0 Å². The van der Waals surface area contributed by atoms with Crippen LogP contribution >= 0.6 is 0 Å². The van der Waals surface area contributed by atoms with Crippen molar-refractivity contribution in [2.75, 3.05) is 6.54 Å². The van der Waals surface area contributed by atoms with E-state index in [4.69, 9.17) is 0 Å². The summed E-state index contributed by atoms with van der Waals surface area (Å²) in [6.45, 7) is 10.9. The fraction of sp³-hybridized carbons (Fsp3) is 0.889. The molecule has 0 unspecified atom stereocenters. The molecule has 12 heavy (non-hydrogen) atoms. The maximum atomic E-state index is 4.29. The van der Waals surface area contributed by atoms with E-state index in [0.29, 0.717) is 5.96 Å². The molecule has 0 aliphatic carbocycles. The summed E-state index contributed by atoms with van der Waals surface area (Å²) >= 11 is 0. The zero-order valence-corrected chi connectivity index (χ0v) is 8.70. The Morgan fingerprint density at radius 1 is 1.25 bits per heavy atom. The summed E-state index contributed by atoms with van der Waals surface area (Å²) in [5.74, 6) is 0.655. The van der Waals surface area contributed by atoms with E-state index in [1.54, 1.807) is 0 Å². The van der Waals surface area contributed by atoms with Gasteiger partial charge < -0.3 is 15.6 Å². The minimum atomic E-state index is 0.276. The molecule has 0 saturated carbocycles. The number of hydrogen-bond donors (Lipinski definition) is 0. The monoisotopic (exact) mass is 169 g/mol. The summed E-state index contributed by atoms with van der Waals surface area (Å²) in [6, 6.07) is 0.551. The Balaban J connectivity index is 4.03. The second kappa shape index (κ2) is 5.86. The van der Waals surface area contributed by atoms with E-state index in [0.717, 1.165) is 6.54 Å². The fourth-order valence-corrected chi connectivity index (χ4v) is 0.718. The first-order chi connectivity index (χ1) is 5.56. The van der Waals surface area contributed by atoms with Crippen LogP contribution in [0, 0.1) is 0 Å². The van der Waals surface area contributed by atoms with Crippen LogP contribution in [0.25, 0.3) is 10.6 Å². The Hall–Kier alpha value is -0.730. The normalized spacial score (nSPS) is 12.4. The molecule has 0 aliphatic rings. The van der Waals surface area contributed by atoms with Crippen molar-refractivity contribution in [3.05, 3.63) is 10.6 Å². The molecule has 0 amide bonds. The van der Waals surface area contributed by atoms with Gasteiger partial charge in [0.05, 0.1) is 0 Å². The summed E-state index contributed by atoms with van der Waals surface area (Å²) in [5.41, 5.74) is 0. The topological polar surface area (TPSA) is 40.6 Å². The van der Waals surface area contributed by atoms with Gasteiger partial charge in [-0.3, -0.25) is 0 Å². The zero-order chi connectivity index (χ0) is 9.56. The number of aliphatic imine (C=N–C) groups is 1. The summed E-state index contributed by atoms with van der Waals surface area (Å²) in [7, 11) is 0. The van der Waals surface area contributed by atoms with E-state index >= 15 is 0 Å². The van der Waals surface area contributed by atoms with Gasteiger partial charge in [-0.15, -0.1) is 0 Å². The number of nitrogens with zero attached hydrogens (tertiary/aromatic N) is 3. The third-order valence-corrected chi connectivity index (χ3v) is 1.05. The molecule has 0 spiro atoms. The van der Waals surface area contributed by atoms with Gasteiger partial charge in [0.1, 0.15) is 0 Å². The van der Waals surface area contributed by atoms with Crippen LogP contribution in [0.15, 0.2) is 4.99 Å². The molecule has 0 heterocycles. The van der Waals surface area contributed by atoms with Crippen LogP contribution in [0.2, 0.25) is 0 Å². The summed E-state index contributed by atoms with van der Waals surface area (Å²) < 4.78 is 0. The lowest BCUT2D eigenvalue weighted by Gasteiger charge is -2.35. The Morgan fingerprint density at radius 2 is 1.83 bits per heavy atom. The SMILES string of the molecule is CC[N-]C(=NC(C)C)[N-]C(C)C. The van der Waals surface area contributed by atoms with E-state index in [2.05, 4.69) is 15.6 Å². The van der Waals surface area contributed by atoms with Gasteiger partial charge in [-0.25, -0.2) is 0 Å². The molecular weight excluding hydrogens is 150 g/mol. The molecule has 0 fully saturated rings. The second-order valence-corrected chi connectivity index (χ2v) is 3.22. The van der Waals surface area contributed by atoms with Crippen molar-refractivity contribution in [1.82, 2.24) is 0 Å². The average molecular weight is 169 g/mol. The van der Waals surface area contributed by atoms with Crippen molar-refractivity contribution >= 4 is 5.96 Å². The van der Waals surface area contributed by atoms with E-state index < -0.39 is 0 Å². The minimum absolute atomic E-state index is 0.276. The molecule has 0 bridgehead atoms. The first-order valence-electron chi connectivity index (χ1n) is 4.52. The second-order valence-electron chi connectivity index (χ2n) is 3.22. The molecule has 0 aromatic heterocycles. The van der Waals surface area contributed by atoms with Gasteiger partial charge in [0.2, 0.25) is 0 Å². The predicted octanol–water partition coefficient (Wildman–Crippen LogP) is 2.93. The first-order valence-corrected chi connectivity index (χ1v) is 4.52. The van der Waals surface area contributed by atoms with Gasteiger partial charge in [-0.2, -0.15) is 5.96 Å². The minimum Gasteiger partial charge on any atom is -0.552 e. The molecule has 72 valence electrons. The average Bonchev–Trinajstić information content (AvgIpc) is 1.84. The molecular formula is C9H19N3-2. The highest BCUT2D eigenvalue weighted by atomic mass is 15.2. The summed E-state index contributed by atoms with van der Waals surface area (Å²) in [4.78, 5) is 4.29. The molecule has 3 nitrogen and oxygen atoms in total. The van der Waals surface area contributed by atoms with Crippen LogP contribution in [-0.2, 0) is 0 Å². The van der Waals surface area contributed by atoms with Crippen LogP contribution in [0.3, 0.4) is 0 Å². The van der Waals surface area contributed by atoms with Crippen molar-refractivity contribution in [1.29, 1.82) is 0 Å². The Labute approximate surface area is 75.7 Å². The number of hydrogen-bond acceptors (Lipinski definition) is 1. The lowest BCUT2D eigenvalue weighted by Crippen LogP contribution is -2.06. The largest absolute Gasteiger partial charge is 0.552 e. The van der Waals surface area contributed by atoms with Crippen LogP contribution < -0.4 is 0 Å². The number of rotatable bonds is 3. The van der Waals surface area contributed by atoms with Gasteiger partial charge in [0, 0.05) is 0 Å². The smallest absolute Gasteiger partial charge is 0.0689 e. The van der Waals surface area contributed by atoms with Crippen LogP contribution in [-0.4, -0.2) is 24.6 Å². The molecule has 0 aliphatic heterocycles. The first kappa shape index (κ1) is 11.3. The molecule has 0 aromatic rings. The van der Waals surface area contributed by atoms with E-state index in [1.807, 2.05) is 34.6 Å². The number of guanidine groups is 1. The zero-order valence-electron chi connectivity index (χ0n) is 8.70. The van der Waals surface area contributed by atoms with Crippen LogP contribution in [0.5, 0.6) is 0 Å². The molecule has 0 rings (SSSR count). The van der Waals surface area contributed by atoms with Crippen molar-refractivity contribution in [2.24, 2.45) is 4.99 Å². The highest BCUT2D eigenvalue weighted by molar-refractivity contribution is 6.03. The maximum Gasteiger partial charge on any atom is -0.0689 e. The fourth-order valence-electron chi connectivity index (χ4n) is 0.718. The quantitative estimate of drug-likeness (QED) is 0.460. The van der Waals surface area contributed by atoms with Gasteiger partial charge >= 0.3 is 0 Å². The standard InChI is InChI=1S/C9H19N3/c1-6-10-9(11-7(2)3)12-8(4)5/h7-8H,6H2,1-5H3/q-2. The lowest BCUT2D eigenvalue weighted by molar-refractivity contribution is 0.831. The van der Waals surface area contributed by atoms with Crippen LogP contribution in [0.4, 0.5) is 0 Å². The molecule has 0 radical (unpaired) electrons. The molecule has 3 heteroatoms. The van der Waals surface area contributed by atoms with Crippen LogP contribution in [0.1, 0.15) is 34.6 Å². The summed E-state index contributed by atoms with van der Waals surface area (Å²) in [5, 5.41) is 8.48. The Kier molecular flexibility index (Phi) is 5.51. The highest BCUT2D eigenvalue weighted by Gasteiger charge is 1.81. The summed E-state index contributed by atoms with van der Waals surface area (Å²) in [6.07, 6.45) is 0. The third-order valence-electron chi connectivity index (χ3n) is 1.05. The van der Waals surface area contributed by atoms with Crippen molar-refractivity contribution < 1.29 is 0 Å². The van der Waals surface area contributed by atoms with Gasteiger partial charge in [-0.1, -0.05) is 53.2 Å². The van der Waals surface area contributed by atoms with Gasteiger partial charge in [0.25, 0.3) is 0 Å². The van der Waals surface area contributed by atoms with Crippen molar-refractivity contribution in [3.8, 4) is 0 Å². The van der Waals surface area contributed by atoms with Crippen molar-refractivity contribution in [3.63, 3.8) is 0 Å². The maximum absolute atomic E-state index is 4.29. The Bertz CT molecular complexity index is 139. The molecule has 0 atom stereocenters. The van der Waals surface area contributed by atoms with Crippen molar-refractivity contribution in [2.45, 2.75) is 46.7 Å². The third kappa shape index (κ3) is 6.01. The van der Waals surface area contributed by atoms with Gasteiger partial charge in [0.15, 0.2) is 0 Å². The van der Waals surface area contributed by atoms with E-state index in [-0.39, 0.29) is 12.1 Å². The Morgan fingerprint density at radius 3 is 2.17 bits per heavy atom. The molecule has 0 saturated heterocycles. The molecule has 0 aromatic carbocycles.